The molecule has 2 aromatic carbocycles. The van der Waals surface area contributed by atoms with Crippen molar-refractivity contribution in [1.82, 2.24) is 0 Å². The average molecular weight is 364 g/mol. The third-order valence-corrected chi connectivity index (χ3v) is 5.04. The highest BCUT2D eigenvalue weighted by Gasteiger charge is 2.30. The van der Waals surface area contributed by atoms with E-state index in [1.807, 2.05) is 6.07 Å². The summed E-state index contributed by atoms with van der Waals surface area (Å²) in [6, 6.07) is 10.4. The number of ketones is 1. The number of hydrogen-bond acceptors (Lipinski definition) is 3. The minimum atomic E-state index is -0.290. The number of nitrogens with zero attached hydrogens (tertiary/aromatic N) is 2. The van der Waals surface area contributed by atoms with Gasteiger partial charge in [0.05, 0.1) is 11.2 Å². The fraction of sp³-hybridized carbons (Fsp3) is 0.304. The Morgan fingerprint density at radius 1 is 1.22 bits per heavy atom. The number of hydrogen-bond donors (Lipinski definition) is 0. The molecule has 0 aromatic heterocycles. The number of carbonyl (C=O) groups excluding carboxylic acids is 1. The monoisotopic (exact) mass is 364 g/mol. The summed E-state index contributed by atoms with van der Waals surface area (Å²) >= 11 is 0. The van der Waals surface area contributed by atoms with Crippen molar-refractivity contribution in [3.05, 3.63) is 65.0 Å². The molecule has 0 radical (unpaired) electrons. The topological polar surface area (TPSA) is 32.7 Å². The minimum absolute atomic E-state index is 0.0110. The molecule has 2 aromatic rings. The fourth-order valence-corrected chi connectivity index (χ4v) is 3.72. The standard InChI is InChI=1S/C23H25FN2O/c1-6-26-22-12-21(24)18(11-20(22)15(2)13-23(26,4)5)14-25-19-9-7-17(8-10-19)16(3)27/h7-14H,6H2,1-5H3. The zero-order valence-electron chi connectivity index (χ0n) is 16.5. The third kappa shape index (κ3) is 3.70. The number of anilines is 1. The molecule has 1 heterocycles. The Morgan fingerprint density at radius 3 is 2.48 bits per heavy atom. The van der Waals surface area contributed by atoms with Gasteiger partial charge in [-0.05, 0) is 76.6 Å². The number of benzene rings is 2. The van der Waals surface area contributed by atoms with Gasteiger partial charge >= 0.3 is 0 Å². The van der Waals surface area contributed by atoms with Crippen molar-refractivity contribution in [2.45, 2.75) is 40.2 Å². The fourth-order valence-electron chi connectivity index (χ4n) is 3.72. The third-order valence-electron chi connectivity index (χ3n) is 5.04. The molecular formula is C23H25FN2O. The SMILES string of the molecule is CCN1c2cc(F)c(C=Nc3ccc(C(C)=O)cc3)cc2C(C)=CC1(C)C. The summed E-state index contributed by atoms with van der Waals surface area (Å²) in [6.07, 6.45) is 3.76. The number of allylic oxidation sites excluding steroid dienone is 1. The molecule has 27 heavy (non-hydrogen) atoms. The summed E-state index contributed by atoms with van der Waals surface area (Å²) in [5, 5.41) is 0. The van der Waals surface area contributed by atoms with E-state index in [-0.39, 0.29) is 17.1 Å². The van der Waals surface area contributed by atoms with Gasteiger partial charge in [-0.25, -0.2) is 4.39 Å². The number of fused-ring (bicyclic) bond motifs is 1. The Bertz CT molecular complexity index is 940. The predicted octanol–water partition coefficient (Wildman–Crippen LogP) is 5.80. The highest BCUT2D eigenvalue weighted by Crippen LogP contribution is 2.39. The first kappa shape index (κ1) is 19.0. The normalized spacial score (nSPS) is 15.6. The van der Waals surface area contributed by atoms with Crippen molar-refractivity contribution >= 4 is 28.9 Å². The van der Waals surface area contributed by atoms with Crippen LogP contribution >= 0.6 is 0 Å². The van der Waals surface area contributed by atoms with E-state index in [2.05, 4.69) is 43.7 Å². The summed E-state index contributed by atoms with van der Waals surface area (Å²) < 4.78 is 14.8. The molecule has 140 valence electrons. The first-order valence-corrected chi connectivity index (χ1v) is 9.19. The summed E-state index contributed by atoms with van der Waals surface area (Å²) in [4.78, 5) is 17.9. The van der Waals surface area contributed by atoms with E-state index in [1.54, 1.807) is 36.5 Å². The van der Waals surface area contributed by atoms with Crippen LogP contribution in [-0.4, -0.2) is 24.1 Å². The second kappa shape index (κ2) is 7.10. The molecule has 0 fully saturated rings. The Labute approximate surface area is 160 Å². The van der Waals surface area contributed by atoms with Crippen molar-refractivity contribution < 1.29 is 9.18 Å². The largest absolute Gasteiger partial charge is 0.363 e. The molecule has 0 bridgehead atoms. The van der Waals surface area contributed by atoms with Crippen LogP contribution in [0.5, 0.6) is 0 Å². The Kier molecular flexibility index (Phi) is 5.01. The van der Waals surface area contributed by atoms with Crippen molar-refractivity contribution in [3.63, 3.8) is 0 Å². The molecule has 0 unspecified atom stereocenters. The zero-order valence-corrected chi connectivity index (χ0v) is 16.5. The van der Waals surface area contributed by atoms with Crippen LogP contribution in [-0.2, 0) is 0 Å². The molecule has 0 amide bonds. The highest BCUT2D eigenvalue weighted by atomic mass is 19.1. The van der Waals surface area contributed by atoms with Crippen molar-refractivity contribution in [3.8, 4) is 0 Å². The van der Waals surface area contributed by atoms with Gasteiger partial charge in [-0.1, -0.05) is 6.08 Å². The molecule has 1 aliphatic rings. The second-order valence-corrected chi connectivity index (χ2v) is 7.48. The van der Waals surface area contributed by atoms with Crippen LogP contribution in [0, 0.1) is 5.82 Å². The van der Waals surface area contributed by atoms with Gasteiger partial charge in [0.2, 0.25) is 0 Å². The van der Waals surface area contributed by atoms with E-state index in [4.69, 9.17) is 0 Å². The minimum Gasteiger partial charge on any atom is -0.363 e. The molecule has 1 aliphatic heterocycles. The van der Waals surface area contributed by atoms with Gasteiger partial charge in [-0.2, -0.15) is 0 Å². The van der Waals surface area contributed by atoms with Crippen LogP contribution in [0.1, 0.15) is 56.1 Å². The van der Waals surface area contributed by atoms with Gasteiger partial charge in [0.1, 0.15) is 5.82 Å². The lowest BCUT2D eigenvalue weighted by Gasteiger charge is -2.42. The number of carbonyl (C=O) groups is 1. The van der Waals surface area contributed by atoms with E-state index in [0.717, 1.165) is 23.4 Å². The molecule has 0 atom stereocenters. The number of rotatable bonds is 4. The molecule has 0 aliphatic carbocycles. The summed E-state index contributed by atoms with van der Waals surface area (Å²) in [7, 11) is 0. The van der Waals surface area contributed by atoms with E-state index in [0.29, 0.717) is 16.8 Å². The maximum atomic E-state index is 14.8. The first-order valence-electron chi connectivity index (χ1n) is 9.19. The summed E-state index contributed by atoms with van der Waals surface area (Å²) in [6.45, 7) is 10.8. The number of halogens is 1. The lowest BCUT2D eigenvalue weighted by molar-refractivity contribution is 0.101. The van der Waals surface area contributed by atoms with Crippen LogP contribution in [0.3, 0.4) is 0 Å². The molecule has 0 saturated carbocycles. The maximum Gasteiger partial charge on any atom is 0.159 e. The van der Waals surface area contributed by atoms with Gasteiger partial charge in [-0.15, -0.1) is 0 Å². The van der Waals surface area contributed by atoms with Crippen molar-refractivity contribution in [1.29, 1.82) is 0 Å². The predicted molar refractivity (Wildman–Crippen MR) is 111 cm³/mol. The van der Waals surface area contributed by atoms with Crippen LogP contribution in [0.2, 0.25) is 0 Å². The maximum absolute atomic E-state index is 14.8. The van der Waals surface area contributed by atoms with E-state index >= 15 is 0 Å². The van der Waals surface area contributed by atoms with E-state index < -0.39 is 0 Å². The van der Waals surface area contributed by atoms with Gasteiger partial charge in [-0.3, -0.25) is 9.79 Å². The quantitative estimate of drug-likeness (QED) is 0.507. The molecule has 4 heteroatoms. The molecule has 3 rings (SSSR count). The Hall–Kier alpha value is -2.75. The van der Waals surface area contributed by atoms with Gasteiger partial charge in [0, 0.05) is 35.1 Å². The lowest BCUT2D eigenvalue weighted by Crippen LogP contribution is -2.45. The molecule has 0 N–H and O–H groups in total. The molecule has 0 saturated heterocycles. The number of Topliss-reactive ketones (excluding diaryl/α,β-unsaturated/α-hetero) is 1. The van der Waals surface area contributed by atoms with Gasteiger partial charge in [0.25, 0.3) is 0 Å². The van der Waals surface area contributed by atoms with Crippen LogP contribution in [0.15, 0.2) is 47.5 Å². The molecule has 3 nitrogen and oxygen atoms in total. The average Bonchev–Trinajstić information content (AvgIpc) is 2.60. The van der Waals surface area contributed by atoms with Gasteiger partial charge < -0.3 is 4.90 Å². The number of aliphatic imine (C=N–C) groups is 1. The highest BCUT2D eigenvalue weighted by molar-refractivity contribution is 5.94. The first-order chi connectivity index (χ1) is 12.7. The van der Waals surface area contributed by atoms with Crippen LogP contribution in [0.25, 0.3) is 5.57 Å². The van der Waals surface area contributed by atoms with Crippen LogP contribution in [0.4, 0.5) is 15.8 Å². The van der Waals surface area contributed by atoms with Crippen molar-refractivity contribution in [2.75, 3.05) is 11.4 Å². The Balaban J connectivity index is 1.97. The lowest BCUT2D eigenvalue weighted by atomic mass is 9.88. The van der Waals surface area contributed by atoms with E-state index in [9.17, 15) is 9.18 Å². The smallest absolute Gasteiger partial charge is 0.159 e. The summed E-state index contributed by atoms with van der Waals surface area (Å²) in [5.41, 5.74) is 4.71. The van der Waals surface area contributed by atoms with Crippen molar-refractivity contribution in [2.24, 2.45) is 4.99 Å². The molecule has 0 spiro atoms. The number of likely N-dealkylation sites (N-methyl/N-ethyl adjacent to an activating group) is 1. The van der Waals surface area contributed by atoms with E-state index in [1.165, 1.54) is 6.92 Å². The Morgan fingerprint density at radius 2 is 1.89 bits per heavy atom. The summed E-state index contributed by atoms with van der Waals surface area (Å²) in [5.74, 6) is -0.279. The van der Waals surface area contributed by atoms with Crippen LogP contribution < -0.4 is 4.90 Å². The molecular weight excluding hydrogens is 339 g/mol. The second-order valence-electron chi connectivity index (χ2n) is 7.48. The zero-order chi connectivity index (χ0) is 19.8. The van der Waals surface area contributed by atoms with Gasteiger partial charge in [0.15, 0.2) is 5.78 Å².